The SMILES string of the molecule is CCCN(C(=O)CCn1cccn1)C1CCNC1.Cl.Cl. The van der Waals surface area contributed by atoms with E-state index in [2.05, 4.69) is 17.3 Å². The third kappa shape index (κ3) is 5.31. The van der Waals surface area contributed by atoms with Gasteiger partial charge in [-0.15, -0.1) is 24.8 Å². The molecule has 1 aromatic heterocycles. The van der Waals surface area contributed by atoms with Gasteiger partial charge in [0.15, 0.2) is 0 Å². The van der Waals surface area contributed by atoms with Crippen LogP contribution in [0.3, 0.4) is 0 Å². The number of nitrogens with one attached hydrogen (secondary N) is 1. The molecule has 1 atom stereocenters. The molecule has 116 valence electrons. The van der Waals surface area contributed by atoms with E-state index in [0.29, 0.717) is 19.0 Å². The van der Waals surface area contributed by atoms with Crippen LogP contribution >= 0.6 is 24.8 Å². The number of rotatable bonds is 6. The van der Waals surface area contributed by atoms with Gasteiger partial charge in [-0.3, -0.25) is 9.48 Å². The predicted molar refractivity (Wildman–Crippen MR) is 84.6 cm³/mol. The Morgan fingerprint density at radius 1 is 1.50 bits per heavy atom. The second kappa shape index (κ2) is 10.0. The lowest BCUT2D eigenvalue weighted by atomic mass is 10.2. The molecule has 20 heavy (non-hydrogen) atoms. The number of aryl methyl sites for hydroxylation is 1. The second-order valence-electron chi connectivity index (χ2n) is 4.75. The average molecular weight is 323 g/mol. The first-order chi connectivity index (χ1) is 8.81. The zero-order valence-corrected chi connectivity index (χ0v) is 13.5. The molecule has 1 aromatic rings. The summed E-state index contributed by atoms with van der Waals surface area (Å²) in [6.45, 7) is 5.62. The van der Waals surface area contributed by atoms with Gasteiger partial charge in [-0.25, -0.2) is 0 Å². The van der Waals surface area contributed by atoms with Crippen LogP contribution in [-0.2, 0) is 11.3 Å². The zero-order valence-electron chi connectivity index (χ0n) is 11.8. The van der Waals surface area contributed by atoms with Gasteiger partial charge in [0.25, 0.3) is 0 Å². The summed E-state index contributed by atoms with van der Waals surface area (Å²) in [5, 5.41) is 7.45. The summed E-state index contributed by atoms with van der Waals surface area (Å²) in [7, 11) is 0. The third-order valence-electron chi connectivity index (χ3n) is 3.37. The summed E-state index contributed by atoms with van der Waals surface area (Å²) >= 11 is 0. The molecule has 2 rings (SSSR count). The highest BCUT2D eigenvalue weighted by Crippen LogP contribution is 2.11. The minimum atomic E-state index is 0. The maximum atomic E-state index is 12.3. The van der Waals surface area contributed by atoms with Gasteiger partial charge < -0.3 is 10.2 Å². The first-order valence-electron chi connectivity index (χ1n) is 6.79. The van der Waals surface area contributed by atoms with Crippen LogP contribution in [0.25, 0.3) is 0 Å². The largest absolute Gasteiger partial charge is 0.338 e. The summed E-state index contributed by atoms with van der Waals surface area (Å²) in [6.07, 6.45) is 6.28. The molecule has 1 amide bonds. The number of nitrogens with zero attached hydrogens (tertiary/aromatic N) is 3. The van der Waals surface area contributed by atoms with E-state index in [1.165, 1.54) is 0 Å². The Morgan fingerprint density at radius 3 is 2.85 bits per heavy atom. The highest BCUT2D eigenvalue weighted by Gasteiger charge is 2.25. The van der Waals surface area contributed by atoms with Crippen LogP contribution in [0.5, 0.6) is 0 Å². The van der Waals surface area contributed by atoms with Crippen molar-refractivity contribution in [3.05, 3.63) is 18.5 Å². The van der Waals surface area contributed by atoms with Crippen LogP contribution in [0, 0.1) is 0 Å². The zero-order chi connectivity index (χ0) is 12.8. The smallest absolute Gasteiger partial charge is 0.224 e. The molecule has 1 N–H and O–H groups in total. The van der Waals surface area contributed by atoms with Crippen LogP contribution in [0.15, 0.2) is 18.5 Å². The molecule has 0 aliphatic carbocycles. The van der Waals surface area contributed by atoms with Gasteiger partial charge in [-0.2, -0.15) is 5.10 Å². The van der Waals surface area contributed by atoms with E-state index >= 15 is 0 Å². The highest BCUT2D eigenvalue weighted by molar-refractivity contribution is 5.85. The van der Waals surface area contributed by atoms with Gasteiger partial charge in [0, 0.05) is 44.5 Å². The molecule has 0 aromatic carbocycles. The highest BCUT2D eigenvalue weighted by atomic mass is 35.5. The summed E-state index contributed by atoms with van der Waals surface area (Å²) in [6, 6.07) is 2.27. The molecule has 5 nitrogen and oxygen atoms in total. The van der Waals surface area contributed by atoms with E-state index in [-0.39, 0.29) is 30.7 Å². The molecule has 1 fully saturated rings. The van der Waals surface area contributed by atoms with Gasteiger partial charge in [-0.05, 0) is 25.5 Å². The molecule has 0 bridgehead atoms. The summed E-state index contributed by atoms with van der Waals surface area (Å²) < 4.78 is 1.81. The van der Waals surface area contributed by atoms with Crippen LogP contribution in [0.1, 0.15) is 26.2 Å². The van der Waals surface area contributed by atoms with Gasteiger partial charge >= 0.3 is 0 Å². The molecule has 0 spiro atoms. The maximum absolute atomic E-state index is 12.3. The van der Waals surface area contributed by atoms with E-state index in [1.807, 2.05) is 21.8 Å². The topological polar surface area (TPSA) is 50.2 Å². The fourth-order valence-corrected chi connectivity index (χ4v) is 2.44. The number of halogens is 2. The van der Waals surface area contributed by atoms with Crippen molar-refractivity contribution in [2.24, 2.45) is 0 Å². The van der Waals surface area contributed by atoms with E-state index in [9.17, 15) is 4.79 Å². The van der Waals surface area contributed by atoms with Gasteiger partial charge in [0.1, 0.15) is 0 Å². The lowest BCUT2D eigenvalue weighted by Gasteiger charge is -2.28. The molecule has 0 saturated carbocycles. The number of amides is 1. The van der Waals surface area contributed by atoms with Crippen molar-refractivity contribution in [3.63, 3.8) is 0 Å². The van der Waals surface area contributed by atoms with Crippen molar-refractivity contribution in [1.82, 2.24) is 20.0 Å². The summed E-state index contributed by atoms with van der Waals surface area (Å²) in [5.41, 5.74) is 0. The fourth-order valence-electron chi connectivity index (χ4n) is 2.44. The molecule has 1 aliphatic heterocycles. The molecule has 0 radical (unpaired) electrons. The molecule has 1 saturated heterocycles. The number of hydrogen-bond acceptors (Lipinski definition) is 3. The van der Waals surface area contributed by atoms with Crippen LogP contribution in [-0.4, -0.2) is 46.3 Å². The van der Waals surface area contributed by atoms with E-state index in [4.69, 9.17) is 0 Å². The normalized spacial score (nSPS) is 17.1. The molecule has 7 heteroatoms. The molecule has 2 heterocycles. The Kier molecular flexibility index (Phi) is 9.63. The summed E-state index contributed by atoms with van der Waals surface area (Å²) in [4.78, 5) is 14.3. The van der Waals surface area contributed by atoms with Crippen molar-refractivity contribution in [1.29, 1.82) is 0 Å². The van der Waals surface area contributed by atoms with Gasteiger partial charge in [0.05, 0.1) is 0 Å². The van der Waals surface area contributed by atoms with Crippen molar-refractivity contribution in [2.45, 2.75) is 38.8 Å². The second-order valence-corrected chi connectivity index (χ2v) is 4.75. The molecular weight excluding hydrogens is 299 g/mol. The van der Waals surface area contributed by atoms with Crippen LogP contribution in [0.2, 0.25) is 0 Å². The lowest BCUT2D eigenvalue weighted by Crippen LogP contribution is -2.42. The summed E-state index contributed by atoms with van der Waals surface area (Å²) in [5.74, 6) is 0.251. The molecule has 1 aliphatic rings. The van der Waals surface area contributed by atoms with E-state index in [0.717, 1.165) is 32.5 Å². The van der Waals surface area contributed by atoms with Crippen molar-refractivity contribution >= 4 is 30.7 Å². The predicted octanol–water partition coefficient (Wildman–Crippen LogP) is 1.72. The van der Waals surface area contributed by atoms with Crippen LogP contribution < -0.4 is 5.32 Å². The Labute approximate surface area is 132 Å². The Bertz CT molecular complexity index is 366. The van der Waals surface area contributed by atoms with E-state index in [1.54, 1.807) is 6.20 Å². The number of aromatic nitrogens is 2. The molecule has 1 unspecified atom stereocenters. The van der Waals surface area contributed by atoms with Crippen molar-refractivity contribution in [2.75, 3.05) is 19.6 Å². The molecular formula is C13H24Cl2N4O. The Hall–Kier alpha value is -0.780. The van der Waals surface area contributed by atoms with Gasteiger partial charge in [0.2, 0.25) is 5.91 Å². The van der Waals surface area contributed by atoms with Gasteiger partial charge in [-0.1, -0.05) is 6.92 Å². The average Bonchev–Trinajstić information content (AvgIpc) is 3.05. The number of hydrogen-bond donors (Lipinski definition) is 1. The standard InChI is InChI=1S/C13H22N4O.2ClH/c1-2-8-17(12-4-7-14-11-12)13(18)5-10-16-9-3-6-15-16;;/h3,6,9,12,14H,2,4-5,7-8,10-11H2,1H3;2*1H. The minimum absolute atomic E-state index is 0. The Morgan fingerprint density at radius 2 is 2.30 bits per heavy atom. The number of carbonyl (C=O) groups is 1. The minimum Gasteiger partial charge on any atom is -0.338 e. The fraction of sp³-hybridized carbons (Fsp3) is 0.692. The van der Waals surface area contributed by atoms with Crippen molar-refractivity contribution < 1.29 is 4.79 Å². The Balaban J connectivity index is 0.00000180. The van der Waals surface area contributed by atoms with Crippen molar-refractivity contribution in [3.8, 4) is 0 Å². The van der Waals surface area contributed by atoms with E-state index < -0.39 is 0 Å². The number of carbonyl (C=O) groups excluding carboxylic acids is 1. The first-order valence-corrected chi connectivity index (χ1v) is 6.79. The monoisotopic (exact) mass is 322 g/mol. The maximum Gasteiger partial charge on any atom is 0.224 e. The first kappa shape index (κ1) is 19.2. The quantitative estimate of drug-likeness (QED) is 0.867. The lowest BCUT2D eigenvalue weighted by molar-refractivity contribution is -0.133. The third-order valence-corrected chi connectivity index (χ3v) is 3.37. The van der Waals surface area contributed by atoms with Crippen LogP contribution in [0.4, 0.5) is 0 Å².